The van der Waals surface area contributed by atoms with E-state index in [-0.39, 0.29) is 11.9 Å². The normalized spacial score (nSPS) is 13.1. The van der Waals surface area contributed by atoms with Gasteiger partial charge in [-0.05, 0) is 36.4 Å². The van der Waals surface area contributed by atoms with Crippen LogP contribution in [0.1, 0.15) is 32.0 Å². The summed E-state index contributed by atoms with van der Waals surface area (Å²) >= 11 is 0. The lowest BCUT2D eigenvalue weighted by molar-refractivity contribution is 0.0600. The highest BCUT2D eigenvalue weighted by Gasteiger charge is 2.27. The molecule has 0 atom stereocenters. The predicted molar refractivity (Wildman–Crippen MR) is 108 cm³/mol. The van der Waals surface area contributed by atoms with Crippen molar-refractivity contribution >= 4 is 22.8 Å². The number of rotatable bonds is 4. The molecule has 29 heavy (non-hydrogen) atoms. The van der Waals surface area contributed by atoms with Crippen molar-refractivity contribution in [3.63, 3.8) is 0 Å². The number of benzene rings is 2. The van der Waals surface area contributed by atoms with Crippen molar-refractivity contribution in [2.75, 3.05) is 27.9 Å². The summed E-state index contributed by atoms with van der Waals surface area (Å²) in [5.41, 5.74) is 4.00. The smallest absolute Gasteiger partial charge is 0.337 e. The molecule has 1 N–H and O–H groups in total. The second-order valence-electron chi connectivity index (χ2n) is 6.88. The number of carbonyl (C=O) groups excluding carboxylic acids is 2. The van der Waals surface area contributed by atoms with E-state index in [9.17, 15) is 9.59 Å². The molecule has 2 heterocycles. The average molecular weight is 394 g/mol. The summed E-state index contributed by atoms with van der Waals surface area (Å²) < 4.78 is 15.5. The second kappa shape index (κ2) is 7.50. The Morgan fingerprint density at radius 3 is 2.59 bits per heavy atom. The highest BCUT2D eigenvalue weighted by molar-refractivity contribution is 5.99. The molecule has 0 radical (unpaired) electrons. The first kappa shape index (κ1) is 18.9. The number of aromatic nitrogens is 1. The summed E-state index contributed by atoms with van der Waals surface area (Å²) in [6.07, 6.45) is 0.704. The van der Waals surface area contributed by atoms with Crippen LogP contribution in [-0.4, -0.2) is 49.6 Å². The number of nitrogens with one attached hydrogen (secondary N) is 1. The quantitative estimate of drug-likeness (QED) is 0.688. The Hall–Kier alpha value is -3.48. The Labute approximate surface area is 168 Å². The molecule has 3 aromatic rings. The Morgan fingerprint density at radius 2 is 1.86 bits per heavy atom. The SMILES string of the molecule is COC(=O)c1ccc2[nH]c3c(c2c1)CN(C(=O)c1cc(OC)ccc1OC)CC3. The van der Waals surface area contributed by atoms with Crippen molar-refractivity contribution in [3.8, 4) is 11.5 Å². The van der Waals surface area contributed by atoms with Gasteiger partial charge in [-0.25, -0.2) is 4.79 Å². The number of fused-ring (bicyclic) bond motifs is 3. The van der Waals surface area contributed by atoms with E-state index in [1.807, 2.05) is 12.1 Å². The summed E-state index contributed by atoms with van der Waals surface area (Å²) in [7, 11) is 4.47. The Morgan fingerprint density at radius 1 is 1.03 bits per heavy atom. The fraction of sp³-hybridized carbons (Fsp3) is 0.273. The van der Waals surface area contributed by atoms with Gasteiger partial charge in [0.15, 0.2) is 0 Å². The van der Waals surface area contributed by atoms with Gasteiger partial charge in [-0.3, -0.25) is 4.79 Å². The molecule has 7 nitrogen and oxygen atoms in total. The molecule has 7 heteroatoms. The van der Waals surface area contributed by atoms with Gasteiger partial charge in [0, 0.05) is 41.7 Å². The van der Waals surface area contributed by atoms with Crippen LogP contribution in [0.2, 0.25) is 0 Å². The van der Waals surface area contributed by atoms with Crippen molar-refractivity contribution in [1.82, 2.24) is 9.88 Å². The maximum absolute atomic E-state index is 13.2. The third-order valence-corrected chi connectivity index (χ3v) is 5.32. The number of ether oxygens (including phenoxy) is 3. The molecule has 150 valence electrons. The van der Waals surface area contributed by atoms with E-state index in [4.69, 9.17) is 14.2 Å². The van der Waals surface area contributed by atoms with E-state index in [0.717, 1.165) is 22.2 Å². The lowest BCUT2D eigenvalue weighted by atomic mass is 10.0. The van der Waals surface area contributed by atoms with Gasteiger partial charge >= 0.3 is 5.97 Å². The predicted octanol–water partition coefficient (Wildman–Crippen LogP) is 3.17. The van der Waals surface area contributed by atoms with Crippen LogP contribution in [-0.2, 0) is 17.7 Å². The molecule has 1 aromatic heterocycles. The van der Waals surface area contributed by atoms with Gasteiger partial charge in [0.05, 0.1) is 32.5 Å². The van der Waals surface area contributed by atoms with Crippen LogP contribution >= 0.6 is 0 Å². The van der Waals surface area contributed by atoms with Crippen molar-refractivity contribution < 1.29 is 23.8 Å². The number of nitrogens with zero attached hydrogens (tertiary/aromatic N) is 1. The maximum Gasteiger partial charge on any atom is 0.337 e. The summed E-state index contributed by atoms with van der Waals surface area (Å²) in [5.74, 6) is 0.603. The number of hydrogen-bond acceptors (Lipinski definition) is 5. The average Bonchev–Trinajstić information content (AvgIpc) is 3.14. The molecule has 1 aliphatic heterocycles. The minimum absolute atomic E-state index is 0.120. The lowest BCUT2D eigenvalue weighted by Gasteiger charge is -2.28. The Balaban J connectivity index is 1.69. The lowest BCUT2D eigenvalue weighted by Crippen LogP contribution is -2.36. The molecule has 2 aromatic carbocycles. The molecule has 0 spiro atoms. The molecule has 0 fully saturated rings. The maximum atomic E-state index is 13.2. The van der Waals surface area contributed by atoms with Crippen LogP contribution in [0.25, 0.3) is 10.9 Å². The van der Waals surface area contributed by atoms with Crippen molar-refractivity contribution in [2.45, 2.75) is 13.0 Å². The van der Waals surface area contributed by atoms with E-state index < -0.39 is 0 Å². The third-order valence-electron chi connectivity index (χ3n) is 5.32. The highest BCUT2D eigenvalue weighted by Crippen LogP contribution is 2.31. The monoisotopic (exact) mass is 394 g/mol. The molecule has 0 saturated heterocycles. The third kappa shape index (κ3) is 3.29. The van der Waals surface area contributed by atoms with Crippen LogP contribution in [0, 0.1) is 0 Å². The fourth-order valence-electron chi connectivity index (χ4n) is 3.78. The van der Waals surface area contributed by atoms with Crippen LogP contribution in [0.4, 0.5) is 0 Å². The largest absolute Gasteiger partial charge is 0.497 e. The van der Waals surface area contributed by atoms with Crippen LogP contribution in [0.15, 0.2) is 36.4 Å². The number of H-pyrrole nitrogens is 1. The molecule has 0 saturated carbocycles. The number of amides is 1. The van der Waals surface area contributed by atoms with E-state index >= 15 is 0 Å². The first-order valence-electron chi connectivity index (χ1n) is 9.28. The first-order chi connectivity index (χ1) is 14.0. The van der Waals surface area contributed by atoms with Gasteiger partial charge in [-0.2, -0.15) is 0 Å². The Bertz CT molecular complexity index is 1100. The van der Waals surface area contributed by atoms with E-state index in [1.165, 1.54) is 7.11 Å². The van der Waals surface area contributed by atoms with Crippen molar-refractivity contribution in [1.29, 1.82) is 0 Å². The van der Waals surface area contributed by atoms with Gasteiger partial charge in [-0.15, -0.1) is 0 Å². The molecular weight excluding hydrogens is 372 g/mol. The Kier molecular flexibility index (Phi) is 4.88. The van der Waals surface area contributed by atoms with E-state index in [0.29, 0.717) is 42.1 Å². The van der Waals surface area contributed by atoms with Crippen LogP contribution in [0.3, 0.4) is 0 Å². The zero-order valence-corrected chi connectivity index (χ0v) is 16.6. The highest BCUT2D eigenvalue weighted by atomic mass is 16.5. The second-order valence-corrected chi connectivity index (χ2v) is 6.88. The minimum Gasteiger partial charge on any atom is -0.497 e. The van der Waals surface area contributed by atoms with Crippen molar-refractivity contribution in [2.24, 2.45) is 0 Å². The number of methoxy groups -OCH3 is 3. The summed E-state index contributed by atoms with van der Waals surface area (Å²) in [6.45, 7) is 1.03. The first-order valence-corrected chi connectivity index (χ1v) is 9.28. The fourth-order valence-corrected chi connectivity index (χ4v) is 3.78. The molecule has 0 bridgehead atoms. The number of carbonyl (C=O) groups is 2. The van der Waals surface area contributed by atoms with Crippen molar-refractivity contribution in [3.05, 3.63) is 58.8 Å². The zero-order valence-electron chi connectivity index (χ0n) is 16.6. The molecule has 0 unspecified atom stereocenters. The van der Waals surface area contributed by atoms with Gasteiger partial charge in [-0.1, -0.05) is 0 Å². The summed E-state index contributed by atoms with van der Waals surface area (Å²) in [5, 5.41) is 0.929. The van der Waals surface area contributed by atoms with Gasteiger partial charge < -0.3 is 24.1 Å². The number of esters is 1. The van der Waals surface area contributed by atoms with E-state index in [2.05, 4.69) is 4.98 Å². The molecule has 1 amide bonds. The van der Waals surface area contributed by atoms with Gasteiger partial charge in [0.2, 0.25) is 0 Å². The minimum atomic E-state index is -0.383. The van der Waals surface area contributed by atoms with Crippen LogP contribution < -0.4 is 9.47 Å². The topological polar surface area (TPSA) is 80.9 Å². The molecular formula is C22H22N2O5. The zero-order chi connectivity index (χ0) is 20.5. The number of aromatic amines is 1. The van der Waals surface area contributed by atoms with E-state index in [1.54, 1.807) is 43.4 Å². The summed E-state index contributed by atoms with van der Waals surface area (Å²) in [6, 6.07) is 10.6. The molecule has 4 rings (SSSR count). The van der Waals surface area contributed by atoms with Crippen LogP contribution in [0.5, 0.6) is 11.5 Å². The summed E-state index contributed by atoms with van der Waals surface area (Å²) in [4.78, 5) is 30.4. The van der Waals surface area contributed by atoms with Gasteiger partial charge in [0.1, 0.15) is 11.5 Å². The molecule has 1 aliphatic rings. The number of hydrogen-bond donors (Lipinski definition) is 1. The van der Waals surface area contributed by atoms with Gasteiger partial charge in [0.25, 0.3) is 5.91 Å². The molecule has 0 aliphatic carbocycles. The standard InChI is InChI=1S/C22H22N2O5/c1-27-14-5-7-20(28-2)16(11-14)21(25)24-9-8-19-17(12-24)15-10-13(22(26)29-3)4-6-18(15)23-19/h4-7,10-11,23H,8-9,12H2,1-3H3.